The summed E-state index contributed by atoms with van der Waals surface area (Å²) in [5, 5.41) is 23.3. The van der Waals surface area contributed by atoms with Gasteiger partial charge in [-0.1, -0.05) is 94.4 Å². The number of allylic oxidation sites excluding steroid dienone is 3. The first-order valence-electron chi connectivity index (χ1n) is 14.8. The smallest absolute Gasteiger partial charge is 0.331 e. The van der Waals surface area contributed by atoms with Crippen LogP contribution in [0, 0.1) is 29.6 Å². The van der Waals surface area contributed by atoms with Crippen molar-refractivity contribution in [2.24, 2.45) is 29.6 Å². The highest BCUT2D eigenvalue weighted by Gasteiger charge is 2.56. The maximum atomic E-state index is 12.2. The van der Waals surface area contributed by atoms with Gasteiger partial charge < -0.3 is 24.1 Å². The van der Waals surface area contributed by atoms with Crippen molar-refractivity contribution in [1.82, 2.24) is 0 Å². The zero-order valence-electron chi connectivity index (χ0n) is 25.0. The molecule has 0 amide bonds. The van der Waals surface area contributed by atoms with E-state index in [0.29, 0.717) is 13.2 Å². The molecular weight excluding hydrogens is 532 g/mol. The first-order chi connectivity index (χ1) is 19.3. The summed E-state index contributed by atoms with van der Waals surface area (Å²) in [6.45, 7) is 13.6. The topological polar surface area (TPSA) is 85.2 Å². The fourth-order valence-corrected chi connectivity index (χ4v) is 11.8. The van der Waals surface area contributed by atoms with Crippen LogP contribution in [0.3, 0.4) is 0 Å². The van der Waals surface area contributed by atoms with Crippen molar-refractivity contribution in [3.8, 4) is 0 Å². The average molecular weight is 577 g/mol. The summed E-state index contributed by atoms with van der Waals surface area (Å²) in [6.07, 6.45) is 3.49. The molecule has 2 aromatic rings. The lowest BCUT2D eigenvalue weighted by Gasteiger charge is -2.52. The van der Waals surface area contributed by atoms with Crippen LogP contribution in [0.15, 0.2) is 84.1 Å². The summed E-state index contributed by atoms with van der Waals surface area (Å²) in [4.78, 5) is 12.2. The molecule has 5 atom stereocenters. The van der Waals surface area contributed by atoms with Gasteiger partial charge in [-0.05, 0) is 53.1 Å². The monoisotopic (exact) mass is 576 g/mol. The predicted octanol–water partition coefficient (Wildman–Crippen LogP) is 5.12. The first kappa shape index (κ1) is 29.8. The Bertz CT molecular complexity index is 1250. The van der Waals surface area contributed by atoms with E-state index in [4.69, 9.17) is 13.9 Å². The number of aliphatic hydroxyl groups is 1. The fourth-order valence-electron chi connectivity index (χ4n) is 7.29. The molecule has 6 nitrogen and oxygen atoms in total. The van der Waals surface area contributed by atoms with E-state index in [1.54, 1.807) is 0 Å². The van der Waals surface area contributed by atoms with Gasteiger partial charge in [0, 0.05) is 23.8 Å². The maximum absolute atomic E-state index is 12.2. The van der Waals surface area contributed by atoms with Gasteiger partial charge in [-0.25, -0.2) is 4.79 Å². The minimum atomic E-state index is -2.96. The largest absolute Gasteiger partial charge is 0.537 e. The predicted molar refractivity (Wildman–Crippen MR) is 162 cm³/mol. The lowest BCUT2D eigenvalue weighted by Crippen LogP contribution is -2.67. The van der Waals surface area contributed by atoms with Gasteiger partial charge in [-0.3, -0.25) is 0 Å². The van der Waals surface area contributed by atoms with E-state index in [2.05, 4.69) is 82.3 Å². The van der Waals surface area contributed by atoms with Crippen LogP contribution in [0.5, 0.6) is 0 Å². The van der Waals surface area contributed by atoms with E-state index in [9.17, 15) is 15.0 Å². The summed E-state index contributed by atoms with van der Waals surface area (Å²) >= 11 is 0. The molecule has 2 N–H and O–H groups in total. The Balaban J connectivity index is 1.69. The molecule has 0 saturated carbocycles. The van der Waals surface area contributed by atoms with Crippen LogP contribution >= 0.6 is 0 Å². The average Bonchev–Trinajstić information content (AvgIpc) is 2.92. The zero-order valence-corrected chi connectivity index (χ0v) is 26.0. The Morgan fingerprint density at radius 3 is 1.98 bits per heavy atom. The molecule has 0 bridgehead atoms. The molecule has 41 heavy (non-hydrogen) atoms. The highest BCUT2D eigenvalue weighted by Crippen LogP contribution is 2.51. The Morgan fingerprint density at radius 1 is 0.951 bits per heavy atom. The van der Waals surface area contributed by atoms with Gasteiger partial charge in [-0.15, -0.1) is 0 Å². The van der Waals surface area contributed by atoms with E-state index in [-0.39, 0.29) is 46.6 Å². The van der Waals surface area contributed by atoms with Crippen molar-refractivity contribution in [2.45, 2.75) is 64.9 Å². The molecule has 1 heterocycles. The maximum Gasteiger partial charge on any atom is 0.331 e. The van der Waals surface area contributed by atoms with Crippen molar-refractivity contribution in [2.75, 3.05) is 13.2 Å². The van der Waals surface area contributed by atoms with Gasteiger partial charge in [-0.2, -0.15) is 0 Å². The highest BCUT2D eigenvalue weighted by atomic mass is 28.4. The second-order valence-electron chi connectivity index (χ2n) is 13.4. The third-order valence-electron chi connectivity index (χ3n) is 9.25. The van der Waals surface area contributed by atoms with Crippen LogP contribution in [0.25, 0.3) is 0 Å². The van der Waals surface area contributed by atoms with E-state index in [0.717, 1.165) is 5.76 Å². The van der Waals surface area contributed by atoms with Crippen molar-refractivity contribution in [1.29, 1.82) is 0 Å². The van der Waals surface area contributed by atoms with Crippen molar-refractivity contribution in [3.63, 3.8) is 0 Å². The standard InChI is InChI=1S/C34H44O6Si/c1-22-17-29(40-41(33(2,3)4,25-13-9-7-10-14-25)26-15-11-8-12-16-26)31(24-20-38-34(5,6)39-21-24)27-18-23(32(36)37)19-28(35)30(22)27/h7-18,22,24,27-28,30-31,35H,19-21H2,1-6H3,(H,36,37)/t22-,27-,28-,30+,31-/m1/s1. The lowest BCUT2D eigenvalue weighted by atomic mass is 9.61. The van der Waals surface area contributed by atoms with Crippen LogP contribution in [-0.2, 0) is 18.7 Å². The SMILES string of the molecule is C[C@@H]1C=C(O[Si](c2ccccc2)(c2ccccc2)C(C)(C)C)[C@H](C2COC(C)(C)OC2)[C@@H]2C=C(C(=O)O)C[C@@H](O)[C@H]21. The number of carbonyl (C=O) groups is 1. The number of rotatable bonds is 6. The van der Waals surface area contributed by atoms with E-state index in [1.165, 1.54) is 10.4 Å². The van der Waals surface area contributed by atoms with Crippen LogP contribution < -0.4 is 10.4 Å². The quantitative estimate of drug-likeness (QED) is 0.465. The van der Waals surface area contributed by atoms with Gasteiger partial charge >= 0.3 is 14.3 Å². The van der Waals surface area contributed by atoms with Gasteiger partial charge in [0.05, 0.1) is 25.1 Å². The third-order valence-corrected chi connectivity index (χ3v) is 14.2. The van der Waals surface area contributed by atoms with Crippen LogP contribution in [0.4, 0.5) is 0 Å². The molecule has 1 saturated heterocycles. The normalized spacial score (nSPS) is 28.7. The van der Waals surface area contributed by atoms with Crippen LogP contribution in [0.2, 0.25) is 5.04 Å². The molecule has 2 aliphatic carbocycles. The highest BCUT2D eigenvalue weighted by molar-refractivity contribution is 6.99. The Kier molecular flexibility index (Phi) is 8.11. The molecule has 7 heteroatoms. The van der Waals surface area contributed by atoms with E-state index in [1.807, 2.05) is 32.1 Å². The molecule has 3 aliphatic rings. The zero-order chi connectivity index (χ0) is 29.6. The number of carboxylic acid groups (broad SMARTS) is 1. The second-order valence-corrected chi connectivity index (χ2v) is 17.6. The number of hydrogen-bond donors (Lipinski definition) is 2. The second kappa shape index (κ2) is 11.2. The first-order valence-corrected chi connectivity index (χ1v) is 16.7. The number of carboxylic acids is 1. The number of benzene rings is 2. The molecule has 1 fully saturated rings. The number of fused-ring (bicyclic) bond motifs is 1. The van der Waals surface area contributed by atoms with E-state index < -0.39 is 26.2 Å². The Labute approximate surface area is 245 Å². The summed E-state index contributed by atoms with van der Waals surface area (Å²) in [5.41, 5.74) is 0.264. The molecule has 220 valence electrons. The van der Waals surface area contributed by atoms with Crippen LogP contribution in [0.1, 0.15) is 48.0 Å². The Hall–Kier alpha value is -2.71. The number of hydrogen-bond acceptors (Lipinski definition) is 5. The van der Waals surface area contributed by atoms with E-state index >= 15 is 0 Å². The van der Waals surface area contributed by atoms with Crippen molar-refractivity contribution in [3.05, 3.63) is 84.1 Å². The molecule has 0 radical (unpaired) electrons. The van der Waals surface area contributed by atoms with Crippen LogP contribution in [-0.4, -0.2) is 49.6 Å². The lowest BCUT2D eigenvalue weighted by molar-refractivity contribution is -0.269. The van der Waals surface area contributed by atoms with Gasteiger partial charge in [0.15, 0.2) is 5.79 Å². The van der Waals surface area contributed by atoms with Gasteiger partial charge in [0.2, 0.25) is 0 Å². The summed E-state index contributed by atoms with van der Waals surface area (Å²) in [6, 6.07) is 21.1. The minimum Gasteiger partial charge on any atom is -0.537 e. The molecule has 0 aromatic heterocycles. The molecule has 2 aromatic carbocycles. The minimum absolute atomic E-state index is 0.00655. The van der Waals surface area contributed by atoms with Crippen molar-refractivity contribution < 1.29 is 28.9 Å². The third kappa shape index (κ3) is 5.57. The number of aliphatic hydroxyl groups excluding tert-OH is 1. The molecule has 5 rings (SSSR count). The summed E-state index contributed by atoms with van der Waals surface area (Å²) < 4.78 is 19.9. The number of ether oxygens (including phenoxy) is 2. The molecule has 0 unspecified atom stereocenters. The fraction of sp³-hybridized carbons (Fsp3) is 0.500. The van der Waals surface area contributed by atoms with Crippen molar-refractivity contribution >= 4 is 24.7 Å². The number of aliphatic carboxylic acids is 1. The molecule has 1 aliphatic heterocycles. The summed E-state index contributed by atoms with van der Waals surface area (Å²) in [5.74, 6) is -1.43. The van der Waals surface area contributed by atoms with Gasteiger partial charge in [0.25, 0.3) is 0 Å². The molecular formula is C34H44O6Si. The Morgan fingerprint density at radius 2 is 1.49 bits per heavy atom. The van der Waals surface area contributed by atoms with Gasteiger partial charge in [0.1, 0.15) is 0 Å². The molecule has 0 spiro atoms. The summed E-state index contributed by atoms with van der Waals surface area (Å²) in [7, 11) is -2.96.